The molecular weight excluding hydrogens is 564 g/mol. The Balaban J connectivity index is 1.28. The Kier molecular flexibility index (Phi) is 7.11. The lowest BCUT2D eigenvalue weighted by atomic mass is 9.61. The normalized spacial score (nSPS) is 29.5. The average molecular weight is 609 g/mol. The van der Waals surface area contributed by atoms with Gasteiger partial charge in [-0.05, 0) is 78.3 Å². The Morgan fingerprint density at radius 3 is 2.57 bits per heavy atom. The predicted molar refractivity (Wildman–Crippen MR) is 161 cm³/mol. The van der Waals surface area contributed by atoms with Crippen molar-refractivity contribution in [2.75, 3.05) is 40.0 Å². The molecule has 5 aliphatic rings. The molecule has 238 valence electrons. The first-order chi connectivity index (χ1) is 21.4. The minimum Gasteiger partial charge on any atom is -0.471 e. The summed E-state index contributed by atoms with van der Waals surface area (Å²) in [5.74, 6) is 0.703. The number of likely N-dealkylation sites (tertiary alicyclic amines) is 1. The highest BCUT2D eigenvalue weighted by Crippen LogP contribution is 2.57. The van der Waals surface area contributed by atoms with Gasteiger partial charge < -0.3 is 23.5 Å². The molecule has 3 aromatic heterocycles. The molecule has 12 heteroatoms. The fraction of sp³-hybridized carbons (Fsp3) is 0.750. The van der Waals surface area contributed by atoms with E-state index in [9.17, 15) is 4.79 Å². The summed E-state index contributed by atoms with van der Waals surface area (Å²) >= 11 is 0. The maximum absolute atomic E-state index is 13.8. The van der Waals surface area contributed by atoms with Gasteiger partial charge in [0.15, 0.2) is 17.0 Å². The van der Waals surface area contributed by atoms with Crippen LogP contribution in [0, 0.1) is 0 Å². The number of likely N-dealkylation sites (N-methyl/N-ethyl adjacent to an activating group) is 1. The van der Waals surface area contributed by atoms with Crippen molar-refractivity contribution in [1.82, 2.24) is 29.2 Å². The smallest absolute Gasteiger partial charge is 0.330 e. The van der Waals surface area contributed by atoms with Crippen molar-refractivity contribution in [2.45, 2.75) is 107 Å². The zero-order valence-electron chi connectivity index (χ0n) is 26.2. The Morgan fingerprint density at radius 2 is 1.80 bits per heavy atom. The summed E-state index contributed by atoms with van der Waals surface area (Å²) in [5, 5.41) is 4.75. The summed E-state index contributed by atoms with van der Waals surface area (Å²) < 4.78 is 34.9. The molecular formula is C32H44N6O6. The van der Waals surface area contributed by atoms with Gasteiger partial charge in [0.25, 0.3) is 0 Å². The van der Waals surface area contributed by atoms with Gasteiger partial charge in [-0.25, -0.2) is 9.78 Å². The molecule has 8 rings (SSSR count). The van der Waals surface area contributed by atoms with Crippen molar-refractivity contribution in [2.24, 2.45) is 7.05 Å². The fourth-order valence-corrected chi connectivity index (χ4v) is 8.94. The van der Waals surface area contributed by atoms with E-state index in [1.165, 1.54) is 0 Å². The van der Waals surface area contributed by atoms with Gasteiger partial charge in [-0.2, -0.15) is 4.98 Å². The molecule has 0 N–H and O–H groups in total. The van der Waals surface area contributed by atoms with E-state index in [1.807, 2.05) is 0 Å². The average Bonchev–Trinajstić information content (AvgIpc) is 3.83. The second kappa shape index (κ2) is 10.9. The lowest BCUT2D eigenvalue weighted by molar-refractivity contribution is -0.231. The van der Waals surface area contributed by atoms with Crippen LogP contribution in [0.5, 0.6) is 5.88 Å². The first-order valence-electron chi connectivity index (χ1n) is 16.6. The third-order valence-electron chi connectivity index (χ3n) is 11.1. The summed E-state index contributed by atoms with van der Waals surface area (Å²) in [6.07, 6.45) is 10.5. The van der Waals surface area contributed by atoms with E-state index in [4.69, 9.17) is 38.6 Å². The number of aromatic nitrogens is 5. The molecule has 1 saturated carbocycles. The zero-order chi connectivity index (χ0) is 30.1. The molecule has 0 bridgehead atoms. The summed E-state index contributed by atoms with van der Waals surface area (Å²) in [7, 11) is 3.91. The van der Waals surface area contributed by atoms with Crippen molar-refractivity contribution < 1.29 is 23.5 Å². The lowest BCUT2D eigenvalue weighted by Gasteiger charge is -2.50. The molecule has 0 radical (unpaired) electrons. The molecule has 2 spiro atoms. The largest absolute Gasteiger partial charge is 0.471 e. The van der Waals surface area contributed by atoms with E-state index in [1.54, 1.807) is 16.2 Å². The second-order valence-corrected chi connectivity index (χ2v) is 13.6. The summed E-state index contributed by atoms with van der Waals surface area (Å²) in [4.78, 5) is 26.2. The van der Waals surface area contributed by atoms with Crippen molar-refractivity contribution in [1.29, 1.82) is 0 Å². The lowest BCUT2D eigenvalue weighted by Crippen LogP contribution is -2.56. The van der Waals surface area contributed by atoms with Gasteiger partial charge in [0, 0.05) is 31.7 Å². The van der Waals surface area contributed by atoms with Crippen LogP contribution in [0.15, 0.2) is 9.32 Å². The second-order valence-electron chi connectivity index (χ2n) is 13.6. The minimum atomic E-state index is -0.655. The van der Waals surface area contributed by atoms with E-state index >= 15 is 0 Å². The van der Waals surface area contributed by atoms with Crippen LogP contribution in [-0.4, -0.2) is 87.1 Å². The number of nitrogens with zero attached hydrogens (tertiary/aromatic N) is 6. The van der Waals surface area contributed by atoms with Gasteiger partial charge >= 0.3 is 5.69 Å². The highest BCUT2D eigenvalue weighted by molar-refractivity contribution is 5.80. The molecule has 4 atom stereocenters. The Labute approximate surface area is 257 Å². The van der Waals surface area contributed by atoms with Crippen LogP contribution < -0.4 is 10.4 Å². The Hall–Kier alpha value is -2.80. The van der Waals surface area contributed by atoms with E-state index in [0.29, 0.717) is 55.1 Å². The van der Waals surface area contributed by atoms with Gasteiger partial charge in [-0.1, -0.05) is 11.6 Å². The summed E-state index contributed by atoms with van der Waals surface area (Å²) in [6.45, 7) is 5.52. The van der Waals surface area contributed by atoms with E-state index in [-0.39, 0.29) is 29.3 Å². The number of aryl methyl sites for hydroxylation is 1. The molecule has 12 nitrogen and oxygen atoms in total. The first kappa shape index (κ1) is 28.7. The highest BCUT2D eigenvalue weighted by Gasteiger charge is 2.61. The van der Waals surface area contributed by atoms with Gasteiger partial charge in [0.2, 0.25) is 17.5 Å². The number of hydrogen-bond acceptors (Lipinski definition) is 10. The minimum absolute atomic E-state index is 0.111. The molecule has 3 aliphatic heterocycles. The number of imidazole rings is 1. The van der Waals surface area contributed by atoms with Crippen LogP contribution in [0.3, 0.4) is 0 Å². The number of hydrogen-bond donors (Lipinski definition) is 0. The molecule has 0 amide bonds. The number of rotatable bonds is 5. The van der Waals surface area contributed by atoms with Crippen LogP contribution in [0.1, 0.15) is 88.4 Å². The zero-order valence-corrected chi connectivity index (χ0v) is 26.2. The molecule has 6 heterocycles. The topological polar surface area (TPSA) is 119 Å². The summed E-state index contributed by atoms with van der Waals surface area (Å²) in [5.41, 5.74) is 2.61. The maximum Gasteiger partial charge on any atom is 0.330 e. The third kappa shape index (κ3) is 4.24. The Morgan fingerprint density at radius 1 is 0.977 bits per heavy atom. The molecule has 3 aromatic rings. The monoisotopic (exact) mass is 608 g/mol. The molecule has 4 fully saturated rings. The van der Waals surface area contributed by atoms with E-state index < -0.39 is 5.79 Å². The van der Waals surface area contributed by atoms with Gasteiger partial charge in [-0.15, -0.1) is 0 Å². The van der Waals surface area contributed by atoms with E-state index in [0.717, 1.165) is 88.4 Å². The predicted octanol–water partition coefficient (Wildman–Crippen LogP) is 3.89. The standard InChI is InChI=1S/C32H44N6O6/c1-20(23-11-7-15-36(23)2)43-29-24-28(38(30(39)37(24)3)21-9-8-16-40-19-21)33-27(34-29)25-22-10-6-13-31(26(22)35-44-25)12-4-5-14-32(31)41-17-18-42-32/h20-21,23H,4-19H2,1-3H3/t20-,21-,23-,31-/m0/s1. The molecule has 0 aromatic carbocycles. The van der Waals surface area contributed by atoms with Crippen LogP contribution in [0.2, 0.25) is 0 Å². The van der Waals surface area contributed by atoms with Gasteiger partial charge in [-0.3, -0.25) is 14.0 Å². The van der Waals surface area contributed by atoms with Crippen molar-refractivity contribution >= 4 is 11.2 Å². The number of ether oxygens (including phenoxy) is 4. The van der Waals surface area contributed by atoms with E-state index in [2.05, 4.69) is 18.9 Å². The highest BCUT2D eigenvalue weighted by atomic mass is 16.7. The molecule has 44 heavy (non-hydrogen) atoms. The van der Waals surface area contributed by atoms with Crippen molar-refractivity contribution in [3.8, 4) is 17.5 Å². The van der Waals surface area contributed by atoms with Gasteiger partial charge in [0.1, 0.15) is 6.10 Å². The SMILES string of the molecule is C[C@H](Oc1nc(-c2onc3c2CCC[C@@]32CCCCC23OCCO3)nc2c1n(C)c(=O)n2[C@H]1CCCOC1)[C@@H]1CCCN1C. The van der Waals surface area contributed by atoms with Crippen molar-refractivity contribution in [3.05, 3.63) is 21.7 Å². The third-order valence-corrected chi connectivity index (χ3v) is 11.1. The van der Waals surface area contributed by atoms with Crippen LogP contribution in [0.25, 0.3) is 22.7 Å². The Bertz CT molecular complexity index is 1600. The van der Waals surface area contributed by atoms with Gasteiger partial charge in [0.05, 0.1) is 37.0 Å². The fourth-order valence-electron chi connectivity index (χ4n) is 8.94. The van der Waals surface area contributed by atoms with Crippen LogP contribution in [0.4, 0.5) is 0 Å². The summed E-state index contributed by atoms with van der Waals surface area (Å²) in [6, 6.07) is 0.153. The van der Waals surface area contributed by atoms with Crippen LogP contribution in [-0.2, 0) is 33.1 Å². The molecule has 2 aliphatic carbocycles. The molecule has 0 unspecified atom stereocenters. The quantitative estimate of drug-likeness (QED) is 0.422. The van der Waals surface area contributed by atoms with Crippen molar-refractivity contribution in [3.63, 3.8) is 0 Å². The number of fused-ring (bicyclic) bond motifs is 4. The molecule has 3 saturated heterocycles. The first-order valence-corrected chi connectivity index (χ1v) is 16.6. The maximum atomic E-state index is 13.8. The van der Waals surface area contributed by atoms with Crippen LogP contribution >= 0.6 is 0 Å².